The zero-order valence-corrected chi connectivity index (χ0v) is 23.2. The standard InChI is InChI=1S/C38H25N5/c1-4-15-27(16-5-1)35-40-36(28-17-6-2-7-18-28)42-37(41-35)34-30-21-11-10-14-26(30)24-25-31(34)38-39-32-22-12-13-23-33(32)43(38)29-19-8-3-9-20-29/h1-25H. The maximum absolute atomic E-state index is 5.21. The number of para-hydroxylation sites is 3. The van der Waals surface area contributed by atoms with Gasteiger partial charge in [0.15, 0.2) is 17.5 Å². The van der Waals surface area contributed by atoms with E-state index in [1.54, 1.807) is 0 Å². The molecule has 0 spiro atoms. The first kappa shape index (κ1) is 24.8. The third-order valence-corrected chi connectivity index (χ3v) is 7.67. The predicted molar refractivity (Wildman–Crippen MR) is 174 cm³/mol. The number of rotatable bonds is 5. The summed E-state index contributed by atoms with van der Waals surface area (Å²) < 4.78 is 2.22. The van der Waals surface area contributed by atoms with Crippen LogP contribution < -0.4 is 0 Å². The van der Waals surface area contributed by atoms with E-state index in [1.807, 2.05) is 72.8 Å². The molecule has 8 rings (SSSR count). The van der Waals surface area contributed by atoms with Crippen LogP contribution in [0.25, 0.3) is 73.0 Å². The van der Waals surface area contributed by atoms with Crippen molar-refractivity contribution in [3.63, 3.8) is 0 Å². The molecule has 0 N–H and O–H groups in total. The van der Waals surface area contributed by atoms with E-state index in [1.165, 1.54) is 0 Å². The van der Waals surface area contributed by atoms with E-state index in [0.717, 1.165) is 55.6 Å². The van der Waals surface area contributed by atoms with Crippen LogP contribution in [0.5, 0.6) is 0 Å². The van der Waals surface area contributed by atoms with Crippen LogP contribution in [-0.4, -0.2) is 24.5 Å². The minimum atomic E-state index is 0.603. The molecule has 0 unspecified atom stereocenters. The smallest absolute Gasteiger partial charge is 0.165 e. The van der Waals surface area contributed by atoms with Gasteiger partial charge in [-0.2, -0.15) is 0 Å². The molecule has 5 nitrogen and oxygen atoms in total. The van der Waals surface area contributed by atoms with Gasteiger partial charge in [0.1, 0.15) is 5.82 Å². The van der Waals surface area contributed by atoms with Gasteiger partial charge in [-0.1, -0.05) is 121 Å². The Hall–Kier alpha value is -5.94. The van der Waals surface area contributed by atoms with E-state index in [-0.39, 0.29) is 0 Å². The summed E-state index contributed by atoms with van der Waals surface area (Å²) in [6.45, 7) is 0. The molecule has 8 aromatic rings. The highest BCUT2D eigenvalue weighted by Crippen LogP contribution is 2.39. The lowest BCUT2D eigenvalue weighted by atomic mass is 9.97. The summed E-state index contributed by atoms with van der Waals surface area (Å²) in [5, 5.41) is 2.16. The fraction of sp³-hybridized carbons (Fsp3) is 0. The molecule has 0 aliphatic carbocycles. The van der Waals surface area contributed by atoms with Crippen molar-refractivity contribution >= 4 is 21.8 Å². The number of aromatic nitrogens is 5. The molecule has 6 aromatic carbocycles. The van der Waals surface area contributed by atoms with Crippen LogP contribution in [0.3, 0.4) is 0 Å². The van der Waals surface area contributed by atoms with Crippen LogP contribution in [0.4, 0.5) is 0 Å². The molecule has 2 heterocycles. The number of fused-ring (bicyclic) bond motifs is 2. The first-order valence-corrected chi connectivity index (χ1v) is 14.3. The van der Waals surface area contributed by atoms with E-state index in [4.69, 9.17) is 19.9 Å². The molecular weight excluding hydrogens is 526 g/mol. The topological polar surface area (TPSA) is 56.5 Å². The number of benzene rings is 6. The molecule has 0 aliphatic heterocycles. The molecule has 5 heteroatoms. The second-order valence-corrected chi connectivity index (χ2v) is 10.3. The Kier molecular flexibility index (Phi) is 6.05. The Morgan fingerprint density at radius 1 is 0.419 bits per heavy atom. The van der Waals surface area contributed by atoms with Crippen LogP contribution >= 0.6 is 0 Å². The number of imidazole rings is 1. The molecule has 202 valence electrons. The van der Waals surface area contributed by atoms with E-state index < -0.39 is 0 Å². The van der Waals surface area contributed by atoms with Gasteiger partial charge < -0.3 is 0 Å². The highest BCUT2D eigenvalue weighted by Gasteiger charge is 2.22. The summed E-state index contributed by atoms with van der Waals surface area (Å²) >= 11 is 0. The van der Waals surface area contributed by atoms with E-state index in [9.17, 15) is 0 Å². The molecule has 0 atom stereocenters. The summed E-state index contributed by atoms with van der Waals surface area (Å²) in [5.41, 5.74) is 6.73. The normalized spacial score (nSPS) is 11.3. The molecule has 0 saturated heterocycles. The Morgan fingerprint density at radius 3 is 1.67 bits per heavy atom. The average Bonchev–Trinajstić information content (AvgIpc) is 3.48. The van der Waals surface area contributed by atoms with Crippen LogP contribution in [0.2, 0.25) is 0 Å². The Balaban J connectivity index is 1.47. The molecule has 0 fully saturated rings. The molecule has 0 amide bonds. The van der Waals surface area contributed by atoms with Gasteiger partial charge in [0.2, 0.25) is 0 Å². The minimum Gasteiger partial charge on any atom is -0.292 e. The number of hydrogen-bond acceptors (Lipinski definition) is 4. The van der Waals surface area contributed by atoms with Gasteiger partial charge in [-0.05, 0) is 41.1 Å². The van der Waals surface area contributed by atoms with Gasteiger partial charge in [0, 0.05) is 27.9 Å². The van der Waals surface area contributed by atoms with Crippen LogP contribution in [0.1, 0.15) is 0 Å². The van der Waals surface area contributed by atoms with Crippen molar-refractivity contribution < 1.29 is 0 Å². The molecular formula is C38H25N5. The first-order valence-electron chi connectivity index (χ1n) is 14.3. The third kappa shape index (κ3) is 4.44. The van der Waals surface area contributed by atoms with Crippen LogP contribution in [-0.2, 0) is 0 Å². The summed E-state index contributed by atoms with van der Waals surface area (Å²) in [6, 6.07) is 51.5. The summed E-state index contributed by atoms with van der Waals surface area (Å²) in [7, 11) is 0. The Bertz CT molecular complexity index is 2170. The summed E-state index contributed by atoms with van der Waals surface area (Å²) in [6.07, 6.45) is 0. The first-order chi connectivity index (χ1) is 21.3. The van der Waals surface area contributed by atoms with Gasteiger partial charge in [-0.15, -0.1) is 0 Å². The van der Waals surface area contributed by atoms with Crippen molar-refractivity contribution in [3.05, 3.63) is 152 Å². The summed E-state index contributed by atoms with van der Waals surface area (Å²) in [5.74, 6) is 2.68. The minimum absolute atomic E-state index is 0.603. The lowest BCUT2D eigenvalue weighted by Gasteiger charge is -2.16. The molecule has 43 heavy (non-hydrogen) atoms. The lowest BCUT2D eigenvalue weighted by molar-refractivity contribution is 1.07. The van der Waals surface area contributed by atoms with Gasteiger partial charge in [0.25, 0.3) is 0 Å². The van der Waals surface area contributed by atoms with Crippen molar-refractivity contribution in [2.45, 2.75) is 0 Å². The highest BCUT2D eigenvalue weighted by molar-refractivity contribution is 6.03. The third-order valence-electron chi connectivity index (χ3n) is 7.67. The highest BCUT2D eigenvalue weighted by atomic mass is 15.1. The fourth-order valence-corrected chi connectivity index (χ4v) is 5.66. The number of hydrogen-bond donors (Lipinski definition) is 0. The van der Waals surface area contributed by atoms with Crippen molar-refractivity contribution in [2.75, 3.05) is 0 Å². The molecule has 0 saturated carbocycles. The van der Waals surface area contributed by atoms with E-state index in [0.29, 0.717) is 17.5 Å². The van der Waals surface area contributed by atoms with Gasteiger partial charge in [-0.3, -0.25) is 4.57 Å². The fourth-order valence-electron chi connectivity index (χ4n) is 5.66. The molecule has 2 aromatic heterocycles. The van der Waals surface area contributed by atoms with Crippen molar-refractivity contribution in [3.8, 4) is 51.2 Å². The van der Waals surface area contributed by atoms with Gasteiger partial charge >= 0.3 is 0 Å². The van der Waals surface area contributed by atoms with Crippen LogP contribution in [0.15, 0.2) is 152 Å². The van der Waals surface area contributed by atoms with Crippen molar-refractivity contribution in [2.24, 2.45) is 0 Å². The van der Waals surface area contributed by atoms with E-state index in [2.05, 4.69) is 83.4 Å². The maximum Gasteiger partial charge on any atom is 0.165 e. The second-order valence-electron chi connectivity index (χ2n) is 10.3. The zero-order chi connectivity index (χ0) is 28.6. The van der Waals surface area contributed by atoms with Crippen LogP contribution in [0, 0.1) is 0 Å². The monoisotopic (exact) mass is 551 g/mol. The van der Waals surface area contributed by atoms with Gasteiger partial charge in [0.05, 0.1) is 11.0 Å². The molecule has 0 radical (unpaired) electrons. The lowest BCUT2D eigenvalue weighted by Crippen LogP contribution is -2.03. The second kappa shape index (κ2) is 10.5. The predicted octanol–water partition coefficient (Wildman–Crippen LogP) is 9.03. The van der Waals surface area contributed by atoms with Crippen molar-refractivity contribution in [1.29, 1.82) is 0 Å². The van der Waals surface area contributed by atoms with E-state index >= 15 is 0 Å². The number of nitrogens with zero attached hydrogens (tertiary/aromatic N) is 5. The quantitative estimate of drug-likeness (QED) is 0.214. The average molecular weight is 552 g/mol. The molecule has 0 bridgehead atoms. The SMILES string of the molecule is c1ccc(-c2nc(-c3ccccc3)nc(-c3c(-c4nc5ccccc5n4-c4ccccc4)ccc4ccccc34)n2)cc1. The summed E-state index contributed by atoms with van der Waals surface area (Å²) in [4.78, 5) is 20.4. The zero-order valence-electron chi connectivity index (χ0n) is 23.2. The Morgan fingerprint density at radius 2 is 0.977 bits per heavy atom. The largest absolute Gasteiger partial charge is 0.292 e. The van der Waals surface area contributed by atoms with Crippen molar-refractivity contribution in [1.82, 2.24) is 24.5 Å². The Labute approximate surface area is 248 Å². The molecule has 0 aliphatic rings. The maximum atomic E-state index is 5.21. The van der Waals surface area contributed by atoms with Gasteiger partial charge in [-0.25, -0.2) is 19.9 Å².